The predicted octanol–water partition coefficient (Wildman–Crippen LogP) is 3.12. The van der Waals surface area contributed by atoms with Gasteiger partial charge in [0.05, 0.1) is 18.0 Å². The molecule has 0 aliphatic heterocycles. The Morgan fingerprint density at radius 2 is 1.82 bits per heavy atom. The number of aliphatic hydroxyl groups is 1. The second-order valence-corrected chi connectivity index (χ2v) is 8.66. The molecule has 2 aromatic heterocycles. The molecule has 0 radical (unpaired) electrons. The molecule has 0 aliphatic carbocycles. The van der Waals surface area contributed by atoms with Gasteiger partial charge in [-0.3, -0.25) is 14.6 Å². The summed E-state index contributed by atoms with van der Waals surface area (Å²) in [6, 6.07) is 15.3. The first-order chi connectivity index (χ1) is 16.4. The van der Waals surface area contributed by atoms with Crippen molar-refractivity contribution < 1.29 is 14.7 Å². The quantitative estimate of drug-likeness (QED) is 0.356. The van der Waals surface area contributed by atoms with E-state index in [0.717, 1.165) is 42.0 Å². The highest BCUT2D eigenvalue weighted by Gasteiger charge is 2.16. The Bertz CT molecular complexity index is 1080. The highest BCUT2D eigenvalue weighted by molar-refractivity contribution is 5.86. The number of primary amides is 1. The van der Waals surface area contributed by atoms with E-state index in [9.17, 15) is 9.59 Å². The minimum Gasteiger partial charge on any atom is -0.394 e. The van der Waals surface area contributed by atoms with E-state index in [0.29, 0.717) is 12.3 Å². The molecule has 0 saturated carbocycles. The molecule has 2 amide bonds. The van der Waals surface area contributed by atoms with Crippen LogP contribution in [0.5, 0.6) is 0 Å². The highest BCUT2D eigenvalue weighted by atomic mass is 16.3. The van der Waals surface area contributed by atoms with Gasteiger partial charge in [0.15, 0.2) is 0 Å². The first-order valence-electron chi connectivity index (χ1n) is 11.7. The van der Waals surface area contributed by atoms with E-state index in [4.69, 9.17) is 15.9 Å². The third kappa shape index (κ3) is 6.74. The van der Waals surface area contributed by atoms with Crippen LogP contribution in [0, 0.1) is 0 Å². The smallest absolute Gasteiger partial charge is 0.242 e. The van der Waals surface area contributed by atoms with Gasteiger partial charge in [-0.25, -0.2) is 4.68 Å². The van der Waals surface area contributed by atoms with Crippen LogP contribution in [0.2, 0.25) is 0 Å². The zero-order valence-corrected chi connectivity index (χ0v) is 19.8. The van der Waals surface area contributed by atoms with Gasteiger partial charge in [-0.05, 0) is 61.1 Å². The Morgan fingerprint density at radius 3 is 2.44 bits per heavy atom. The number of carbonyl (C=O) groups excluding carboxylic acids is 2. The van der Waals surface area contributed by atoms with Crippen molar-refractivity contribution >= 4 is 11.8 Å². The van der Waals surface area contributed by atoms with Crippen molar-refractivity contribution in [2.24, 2.45) is 5.73 Å². The number of benzene rings is 1. The van der Waals surface area contributed by atoms with E-state index < -0.39 is 18.6 Å². The number of nitrogens with one attached hydrogen (secondary N) is 1. The Hall–Kier alpha value is -3.52. The SMILES string of the molecule is CC(C)c1ccc(-n2nc(-c3ccccn3)cc2CCCCCC(=O)NC(CO)C(N)=O)cc1. The van der Waals surface area contributed by atoms with E-state index in [1.807, 2.05) is 22.9 Å². The number of hydrogen-bond acceptors (Lipinski definition) is 5. The van der Waals surface area contributed by atoms with Crippen LogP contribution >= 0.6 is 0 Å². The van der Waals surface area contributed by atoms with Gasteiger partial charge >= 0.3 is 0 Å². The first kappa shape index (κ1) is 25.1. The van der Waals surface area contributed by atoms with Crippen molar-refractivity contribution in [3.05, 3.63) is 66.0 Å². The molecule has 1 atom stereocenters. The monoisotopic (exact) mass is 463 g/mol. The number of pyridine rings is 1. The average molecular weight is 464 g/mol. The molecule has 4 N–H and O–H groups in total. The molecule has 1 unspecified atom stereocenters. The summed E-state index contributed by atoms with van der Waals surface area (Å²) >= 11 is 0. The van der Waals surface area contributed by atoms with Crippen LogP contribution in [0.1, 0.15) is 56.7 Å². The lowest BCUT2D eigenvalue weighted by Crippen LogP contribution is -2.46. The Morgan fingerprint density at radius 1 is 1.06 bits per heavy atom. The van der Waals surface area contributed by atoms with Gasteiger partial charge in [0.2, 0.25) is 11.8 Å². The van der Waals surface area contributed by atoms with Gasteiger partial charge in [-0.15, -0.1) is 0 Å². The molecular weight excluding hydrogens is 430 g/mol. The number of amides is 2. The normalized spacial score (nSPS) is 12.0. The summed E-state index contributed by atoms with van der Waals surface area (Å²) in [5.41, 5.74) is 10.1. The molecule has 0 spiro atoms. The minimum absolute atomic E-state index is 0.277. The maximum absolute atomic E-state index is 12.0. The maximum Gasteiger partial charge on any atom is 0.242 e. The molecule has 0 saturated heterocycles. The third-order valence-corrected chi connectivity index (χ3v) is 5.71. The van der Waals surface area contributed by atoms with Gasteiger partial charge < -0.3 is 16.2 Å². The molecule has 180 valence electrons. The second kappa shape index (κ2) is 12.1. The first-order valence-corrected chi connectivity index (χ1v) is 11.7. The number of aliphatic hydroxyl groups excluding tert-OH is 1. The van der Waals surface area contributed by atoms with Crippen molar-refractivity contribution in [3.8, 4) is 17.1 Å². The molecule has 34 heavy (non-hydrogen) atoms. The zero-order valence-electron chi connectivity index (χ0n) is 19.8. The standard InChI is InChI=1S/C26H33N5O3/c1-18(2)19-11-13-20(14-12-19)31-21(16-23(30-31)22-9-6-7-15-28-22)8-4-3-5-10-25(33)29-24(17-32)26(27)34/h6-7,9,11-16,18,24,32H,3-5,8,10,17H2,1-2H3,(H2,27,34)(H,29,33). The lowest BCUT2D eigenvalue weighted by atomic mass is 10.0. The van der Waals surface area contributed by atoms with Gasteiger partial charge in [0, 0.05) is 18.3 Å². The van der Waals surface area contributed by atoms with Crippen molar-refractivity contribution in [1.29, 1.82) is 0 Å². The van der Waals surface area contributed by atoms with Crippen molar-refractivity contribution in [2.45, 2.75) is 57.9 Å². The van der Waals surface area contributed by atoms with E-state index in [-0.39, 0.29) is 12.3 Å². The summed E-state index contributed by atoms with van der Waals surface area (Å²) in [5, 5.41) is 16.4. The van der Waals surface area contributed by atoms with Crippen LogP contribution in [0.3, 0.4) is 0 Å². The van der Waals surface area contributed by atoms with E-state index >= 15 is 0 Å². The largest absolute Gasteiger partial charge is 0.394 e. The molecule has 0 bridgehead atoms. The summed E-state index contributed by atoms with van der Waals surface area (Å²) in [6.45, 7) is 3.85. The summed E-state index contributed by atoms with van der Waals surface area (Å²) in [4.78, 5) is 27.5. The van der Waals surface area contributed by atoms with Gasteiger partial charge in [0.1, 0.15) is 11.7 Å². The third-order valence-electron chi connectivity index (χ3n) is 5.71. The second-order valence-electron chi connectivity index (χ2n) is 8.66. The molecule has 3 rings (SSSR count). The average Bonchev–Trinajstić information content (AvgIpc) is 3.27. The van der Waals surface area contributed by atoms with Crippen LogP contribution in [0.4, 0.5) is 0 Å². The number of hydrogen-bond donors (Lipinski definition) is 3. The van der Waals surface area contributed by atoms with Crippen LogP contribution in [0.15, 0.2) is 54.7 Å². The Kier molecular flexibility index (Phi) is 8.93. The number of nitrogens with zero attached hydrogens (tertiary/aromatic N) is 3. The van der Waals surface area contributed by atoms with E-state index in [1.165, 1.54) is 5.56 Å². The molecule has 8 heteroatoms. The summed E-state index contributed by atoms with van der Waals surface area (Å²) in [5.74, 6) is -0.567. The predicted molar refractivity (Wildman–Crippen MR) is 131 cm³/mol. The minimum atomic E-state index is -1.03. The van der Waals surface area contributed by atoms with Gasteiger partial charge in [0.25, 0.3) is 0 Å². The highest BCUT2D eigenvalue weighted by Crippen LogP contribution is 2.23. The van der Waals surface area contributed by atoms with E-state index in [2.05, 4.69) is 54.5 Å². The number of nitrogens with two attached hydrogens (primary N) is 1. The fourth-order valence-electron chi connectivity index (χ4n) is 3.70. The van der Waals surface area contributed by atoms with Crippen LogP contribution in [0.25, 0.3) is 17.1 Å². The molecule has 8 nitrogen and oxygen atoms in total. The van der Waals surface area contributed by atoms with E-state index in [1.54, 1.807) is 6.20 Å². The van der Waals surface area contributed by atoms with Crippen molar-refractivity contribution in [2.75, 3.05) is 6.61 Å². The lowest BCUT2D eigenvalue weighted by molar-refractivity contribution is -0.128. The molecular formula is C26H33N5O3. The molecule has 0 fully saturated rings. The molecule has 3 aromatic rings. The number of rotatable bonds is 12. The fraction of sp³-hybridized carbons (Fsp3) is 0.385. The van der Waals surface area contributed by atoms with Crippen LogP contribution in [-0.2, 0) is 16.0 Å². The number of carbonyl (C=O) groups is 2. The number of aromatic nitrogens is 3. The zero-order chi connectivity index (χ0) is 24.5. The Labute approximate surface area is 200 Å². The van der Waals surface area contributed by atoms with Gasteiger partial charge in [-0.1, -0.05) is 38.5 Å². The summed E-state index contributed by atoms with van der Waals surface area (Å²) in [6.07, 6.45) is 5.23. The van der Waals surface area contributed by atoms with Gasteiger partial charge in [-0.2, -0.15) is 5.10 Å². The number of unbranched alkanes of at least 4 members (excludes halogenated alkanes) is 2. The van der Waals surface area contributed by atoms with Crippen molar-refractivity contribution in [1.82, 2.24) is 20.1 Å². The fourth-order valence-corrected chi connectivity index (χ4v) is 3.70. The topological polar surface area (TPSA) is 123 Å². The molecule has 2 heterocycles. The van der Waals surface area contributed by atoms with Crippen molar-refractivity contribution in [3.63, 3.8) is 0 Å². The Balaban J connectivity index is 1.65. The maximum atomic E-state index is 12.0. The molecule has 0 aliphatic rings. The van der Waals surface area contributed by atoms with Crippen LogP contribution in [-0.4, -0.2) is 44.3 Å². The summed E-state index contributed by atoms with van der Waals surface area (Å²) in [7, 11) is 0. The lowest BCUT2D eigenvalue weighted by Gasteiger charge is -2.12. The molecule has 1 aromatic carbocycles. The summed E-state index contributed by atoms with van der Waals surface area (Å²) < 4.78 is 1.97. The van der Waals surface area contributed by atoms with Crippen LogP contribution < -0.4 is 11.1 Å². The number of aryl methyl sites for hydroxylation is 1.